The van der Waals surface area contributed by atoms with Gasteiger partial charge in [-0.05, 0) is 115 Å². The molecule has 2 rings (SSSR count). The Bertz CT molecular complexity index is 2710. The number of urea groups is 1. The first-order chi connectivity index (χ1) is 45.6. The first-order valence-corrected chi connectivity index (χ1v) is 35.2. The highest BCUT2D eigenvalue weighted by Crippen LogP contribution is 2.26. The van der Waals surface area contributed by atoms with Gasteiger partial charge in [0.05, 0.1) is 25.4 Å². The number of nitrogens with one attached hydrogen (secondary N) is 5. The number of allylic oxidation sites excluding steroid dienone is 2. The Balaban J connectivity index is 2.98. The van der Waals surface area contributed by atoms with Gasteiger partial charge in [-0.2, -0.15) is 0 Å². The number of rotatable bonds is 20. The summed E-state index contributed by atoms with van der Waals surface area (Å²) in [4.78, 5) is 186. The Morgan fingerprint density at radius 3 is 1.53 bits per heavy atom. The average Bonchev–Trinajstić information content (AvgIpc) is 0.805. The predicted molar refractivity (Wildman–Crippen MR) is 374 cm³/mol. The quantitative estimate of drug-likeness (QED) is 0.0754. The molecule has 560 valence electrons. The number of aliphatic hydroxyl groups is 1. The fraction of sp³-hybridized carbons (Fsp3) is 0.800. The largest absolute Gasteiger partial charge is 0.390 e. The minimum Gasteiger partial charge on any atom is -0.390 e. The molecule has 2 saturated heterocycles. The third-order valence-corrected chi connectivity index (χ3v) is 18.8. The van der Waals surface area contributed by atoms with E-state index >= 15 is 24.0 Å². The molecule has 28 nitrogen and oxygen atoms in total. The Morgan fingerprint density at radius 1 is 0.541 bits per heavy atom. The molecule has 0 aromatic heterocycles. The zero-order chi connectivity index (χ0) is 75.1. The van der Waals surface area contributed by atoms with Crippen molar-refractivity contribution in [2.45, 2.75) is 241 Å². The lowest BCUT2D eigenvalue weighted by Crippen LogP contribution is -2.64. The van der Waals surface area contributed by atoms with Gasteiger partial charge in [0.25, 0.3) is 0 Å². The van der Waals surface area contributed by atoms with Crippen LogP contribution < -0.4 is 26.6 Å². The monoisotopic (exact) mass is 1390 g/mol. The van der Waals surface area contributed by atoms with Crippen molar-refractivity contribution < 1.29 is 72.1 Å². The standard InChI is InChI=1S/C70H125N13O15/c1-25-27-30-45(13)58(84)57-62(88)74-50(26-2)65(91)76(18)48(16)64(90)81(23)56(49(17)98-34-29-28-31-71-70(96)83-32-35-97-36-33-83)61(87)75-54(43(9)10)68(94)77(19)51(37-40(3)4)60(86)72-46(14)59(85)73-47(15)63(89)78(20)52(38-41(5)6)66(92)79(21)53(39-42(7)8)67(93)80(22)55(44(11)12)69(95)82(57)24/h25,27,40-58,84H,26,28-39H2,1-24H3,(H,71,96)(H,72,86)(H,73,85)(H,74,88)(H,75,87)/b27-25+/t45-,46+,47+,48-,49-,50+,51-,52+,53-,54+,55+,56+,57+,58-/m1/s1. The maximum atomic E-state index is 15.3. The molecule has 13 amide bonds. The van der Waals surface area contributed by atoms with Crippen molar-refractivity contribution >= 4 is 71.0 Å². The number of carbonyl (C=O) groups excluding carboxylic acids is 12. The van der Waals surface area contributed by atoms with Gasteiger partial charge in [0.2, 0.25) is 65.0 Å². The number of ether oxygens (including phenoxy) is 2. The van der Waals surface area contributed by atoms with Crippen LogP contribution in [0, 0.1) is 35.5 Å². The topological polar surface area (TPSA) is 330 Å². The second kappa shape index (κ2) is 41.0. The lowest BCUT2D eigenvalue weighted by atomic mass is 9.91. The van der Waals surface area contributed by atoms with E-state index in [1.54, 1.807) is 72.4 Å². The van der Waals surface area contributed by atoms with Crippen LogP contribution in [-0.2, 0) is 62.2 Å². The molecule has 2 fully saturated rings. The number of nitrogens with zero attached hydrogens (tertiary/aromatic N) is 8. The molecular weight excluding hydrogens is 1260 g/mol. The molecule has 14 atom stereocenters. The summed E-state index contributed by atoms with van der Waals surface area (Å²) in [5.41, 5.74) is 0. The van der Waals surface area contributed by atoms with Gasteiger partial charge in [-0.1, -0.05) is 95.2 Å². The smallest absolute Gasteiger partial charge is 0.317 e. The number of morpholine rings is 1. The van der Waals surface area contributed by atoms with E-state index in [-0.39, 0.29) is 62.5 Å². The van der Waals surface area contributed by atoms with Crippen molar-refractivity contribution in [1.29, 1.82) is 0 Å². The van der Waals surface area contributed by atoms with Crippen LogP contribution in [0.1, 0.15) is 163 Å². The summed E-state index contributed by atoms with van der Waals surface area (Å²) in [6.07, 6.45) is 2.50. The summed E-state index contributed by atoms with van der Waals surface area (Å²) in [6, 6.07) is -14.7. The van der Waals surface area contributed by atoms with Crippen LogP contribution in [0.4, 0.5) is 4.79 Å². The fourth-order valence-electron chi connectivity index (χ4n) is 12.3. The van der Waals surface area contributed by atoms with Gasteiger partial charge in [0.1, 0.15) is 66.5 Å². The molecule has 2 aliphatic heterocycles. The molecule has 0 bridgehead atoms. The minimum atomic E-state index is -1.66. The lowest BCUT2D eigenvalue weighted by molar-refractivity contribution is -0.157. The third kappa shape index (κ3) is 24.5. The number of hydrogen-bond acceptors (Lipinski definition) is 15. The second-order valence-electron chi connectivity index (χ2n) is 28.9. The molecule has 0 unspecified atom stereocenters. The van der Waals surface area contributed by atoms with Crippen LogP contribution >= 0.6 is 0 Å². The van der Waals surface area contributed by atoms with E-state index in [9.17, 15) is 38.7 Å². The number of unbranched alkanes of at least 4 members (excludes halogenated alkanes) is 1. The van der Waals surface area contributed by atoms with Crippen LogP contribution in [0.3, 0.4) is 0 Å². The Morgan fingerprint density at radius 2 is 1.02 bits per heavy atom. The van der Waals surface area contributed by atoms with Gasteiger partial charge in [-0.3, -0.25) is 52.7 Å². The van der Waals surface area contributed by atoms with E-state index in [1.165, 1.54) is 89.7 Å². The molecule has 0 aliphatic carbocycles. The summed E-state index contributed by atoms with van der Waals surface area (Å²) in [5, 5.41) is 26.2. The molecule has 0 aromatic rings. The first kappa shape index (κ1) is 87.1. The third-order valence-electron chi connectivity index (χ3n) is 18.8. The van der Waals surface area contributed by atoms with Crippen LogP contribution in [0.15, 0.2) is 12.2 Å². The molecule has 0 spiro atoms. The molecule has 28 heteroatoms. The molecule has 0 radical (unpaired) electrons. The number of aliphatic hydroxyl groups excluding tert-OH is 1. The van der Waals surface area contributed by atoms with Crippen LogP contribution in [0.25, 0.3) is 0 Å². The summed E-state index contributed by atoms with van der Waals surface area (Å²) < 4.78 is 11.7. The van der Waals surface area contributed by atoms with Gasteiger partial charge >= 0.3 is 6.03 Å². The van der Waals surface area contributed by atoms with Crippen LogP contribution in [0.2, 0.25) is 0 Å². The van der Waals surface area contributed by atoms with E-state index in [2.05, 4.69) is 26.6 Å². The summed E-state index contributed by atoms with van der Waals surface area (Å²) in [5.74, 6) is -10.4. The van der Waals surface area contributed by atoms with Crippen molar-refractivity contribution in [3.8, 4) is 0 Å². The van der Waals surface area contributed by atoms with Gasteiger partial charge in [-0.25, -0.2) is 4.79 Å². The fourth-order valence-corrected chi connectivity index (χ4v) is 12.3. The summed E-state index contributed by atoms with van der Waals surface area (Å²) >= 11 is 0. The molecule has 2 aliphatic rings. The number of amides is 13. The van der Waals surface area contributed by atoms with Crippen molar-refractivity contribution in [2.75, 3.05) is 88.8 Å². The van der Waals surface area contributed by atoms with E-state index in [4.69, 9.17) is 9.47 Å². The SMILES string of the molecule is C/C=C/C[C@@H](C)[C@@H](O)[C@H]1C(=O)N[C@@H](CC)C(=O)N(C)[C@H](C)C(=O)N(C)[C@@H]([C@@H](C)OCCCCNC(=O)N2CCOCC2)C(=O)N[C@@H](C(C)C)C(=O)N(C)[C@H](CC(C)C)C(=O)N[C@@H](C)C(=O)N[C@@H](C)C(=O)N(C)[C@@H](CC(C)C)C(=O)N(C)[C@H](CC(C)C)C(=O)N(C)[C@@H](C(C)C)C(=O)N1C. The van der Waals surface area contributed by atoms with Crippen LogP contribution in [0.5, 0.6) is 0 Å². The van der Waals surface area contributed by atoms with Crippen LogP contribution in [-0.4, -0.2) is 283 Å². The van der Waals surface area contributed by atoms with E-state index in [0.29, 0.717) is 45.7 Å². The maximum absolute atomic E-state index is 15.3. The summed E-state index contributed by atoms with van der Waals surface area (Å²) in [6.45, 7) is 31.2. The first-order valence-electron chi connectivity index (χ1n) is 35.2. The van der Waals surface area contributed by atoms with Crippen molar-refractivity contribution in [3.63, 3.8) is 0 Å². The second-order valence-corrected chi connectivity index (χ2v) is 28.9. The molecule has 98 heavy (non-hydrogen) atoms. The molecule has 2 heterocycles. The van der Waals surface area contributed by atoms with Gasteiger partial charge < -0.3 is 80.4 Å². The average molecular weight is 1390 g/mol. The Hall–Kier alpha value is -6.94. The number of hydrogen-bond donors (Lipinski definition) is 6. The zero-order valence-corrected chi connectivity index (χ0v) is 63.6. The maximum Gasteiger partial charge on any atom is 0.317 e. The number of likely N-dealkylation sites (N-methyl/N-ethyl adjacent to an activating group) is 7. The zero-order valence-electron chi connectivity index (χ0n) is 63.6. The Kier molecular flexibility index (Phi) is 36.4. The van der Waals surface area contributed by atoms with Gasteiger partial charge in [0.15, 0.2) is 0 Å². The molecule has 0 saturated carbocycles. The molecule has 0 aromatic carbocycles. The van der Waals surface area contributed by atoms with E-state index in [0.717, 1.165) is 14.7 Å². The minimum absolute atomic E-state index is 0.0316. The highest BCUT2D eigenvalue weighted by Gasteiger charge is 2.47. The Labute approximate surface area is 584 Å². The predicted octanol–water partition coefficient (Wildman–Crippen LogP) is 2.84. The van der Waals surface area contributed by atoms with Crippen molar-refractivity contribution in [3.05, 3.63) is 12.2 Å². The van der Waals surface area contributed by atoms with Crippen molar-refractivity contribution in [1.82, 2.24) is 65.8 Å². The molecule has 6 N–H and O–H groups in total. The number of carbonyl (C=O) groups is 12. The highest BCUT2D eigenvalue weighted by atomic mass is 16.5. The van der Waals surface area contributed by atoms with Crippen molar-refractivity contribution in [2.24, 2.45) is 35.5 Å². The molecular formula is C70H125N13O15. The highest BCUT2D eigenvalue weighted by molar-refractivity contribution is 6.00. The normalized spacial score (nSPS) is 26.8. The van der Waals surface area contributed by atoms with E-state index in [1.807, 2.05) is 41.5 Å². The van der Waals surface area contributed by atoms with Gasteiger partial charge in [-0.15, -0.1) is 0 Å². The van der Waals surface area contributed by atoms with E-state index < -0.39 is 161 Å². The van der Waals surface area contributed by atoms with Gasteiger partial charge in [0, 0.05) is 75.6 Å². The summed E-state index contributed by atoms with van der Waals surface area (Å²) in [7, 11) is 9.78. The lowest BCUT2D eigenvalue weighted by Gasteiger charge is -2.41.